The number of phosphoric ester groups is 2. The Morgan fingerprint density at radius 3 is 0.791 bits per heavy atom. The fourth-order valence-corrected chi connectivity index (χ4v) is 11.6. The number of carbonyl (C=O) groups excluding carboxylic acids is 4. The summed E-state index contributed by atoms with van der Waals surface area (Å²) in [5, 5.41) is 10.5. The maximum Gasteiger partial charge on any atom is 0.472 e. The molecule has 0 radical (unpaired) electrons. The second kappa shape index (κ2) is 59.4. The molecule has 0 aromatic rings. The van der Waals surface area contributed by atoms with Gasteiger partial charge in [0.1, 0.15) is 19.3 Å². The highest BCUT2D eigenvalue weighted by Crippen LogP contribution is 2.45. The van der Waals surface area contributed by atoms with Crippen molar-refractivity contribution in [3.05, 3.63) is 0 Å². The predicted octanol–water partition coefficient (Wildman–Crippen LogP) is 18.8. The number of esters is 4. The summed E-state index contributed by atoms with van der Waals surface area (Å²) in [6.07, 6.45) is 43.4. The molecule has 3 N–H and O–H groups in total. The second-order valence-corrected chi connectivity index (χ2v) is 28.1. The smallest absolute Gasteiger partial charge is 0.462 e. The van der Waals surface area contributed by atoms with Crippen molar-refractivity contribution in [3.63, 3.8) is 0 Å². The standard InChI is InChI=1S/C67H130O17P2/c1-7-9-11-13-15-17-18-19-20-21-22-23-24-25-26-32-39-45-51-66(71)83-62(55-78-65(70)50-44-38-31-28-27-29-35-41-47-59(3)4)57-81-85(73,74)79-53-61(68)54-80-86(75,76)82-58-63(56-77-64(69)49-43-37-30-16-14-12-10-8-2)84-67(72)52-46-40-34-33-36-42-48-60(5)6/h59-63,68H,7-58H2,1-6H3,(H,73,74)(H,75,76)/t61-,62-,63-/m1/s1. The minimum Gasteiger partial charge on any atom is -0.462 e. The van der Waals surface area contributed by atoms with Crippen LogP contribution in [0.5, 0.6) is 0 Å². The molecule has 0 bridgehead atoms. The lowest BCUT2D eigenvalue weighted by Crippen LogP contribution is -2.30. The number of ether oxygens (including phenoxy) is 4. The molecule has 0 fully saturated rings. The molecule has 5 atom stereocenters. The summed E-state index contributed by atoms with van der Waals surface area (Å²) >= 11 is 0. The van der Waals surface area contributed by atoms with Gasteiger partial charge >= 0.3 is 39.5 Å². The fraction of sp³-hybridized carbons (Fsp3) is 0.940. The summed E-state index contributed by atoms with van der Waals surface area (Å²) < 4.78 is 68.0. The van der Waals surface area contributed by atoms with Crippen LogP contribution < -0.4 is 0 Å². The minimum absolute atomic E-state index is 0.102. The van der Waals surface area contributed by atoms with Crippen molar-refractivity contribution < 1.29 is 80.2 Å². The first-order valence-corrected chi connectivity index (χ1v) is 38.0. The van der Waals surface area contributed by atoms with Gasteiger partial charge in [-0.15, -0.1) is 0 Å². The molecule has 0 saturated carbocycles. The number of carbonyl (C=O) groups is 4. The zero-order valence-corrected chi connectivity index (χ0v) is 57.4. The minimum atomic E-state index is -4.95. The molecule has 0 aromatic carbocycles. The Morgan fingerprint density at radius 2 is 0.535 bits per heavy atom. The lowest BCUT2D eigenvalue weighted by Gasteiger charge is -2.21. The quantitative estimate of drug-likeness (QED) is 0.0222. The van der Waals surface area contributed by atoms with Crippen LogP contribution in [0.2, 0.25) is 0 Å². The first-order chi connectivity index (χ1) is 41.4. The van der Waals surface area contributed by atoms with Gasteiger partial charge in [-0.2, -0.15) is 0 Å². The summed E-state index contributed by atoms with van der Waals surface area (Å²) in [7, 11) is -9.89. The molecule has 510 valence electrons. The van der Waals surface area contributed by atoms with Gasteiger partial charge in [-0.25, -0.2) is 9.13 Å². The zero-order valence-electron chi connectivity index (χ0n) is 55.6. The fourth-order valence-electron chi connectivity index (χ4n) is 10.1. The molecule has 0 aliphatic heterocycles. The van der Waals surface area contributed by atoms with E-state index < -0.39 is 97.5 Å². The first kappa shape index (κ1) is 84.1. The Bertz CT molecular complexity index is 1680. The van der Waals surface area contributed by atoms with Gasteiger partial charge in [0.25, 0.3) is 0 Å². The van der Waals surface area contributed by atoms with E-state index in [0.29, 0.717) is 31.6 Å². The molecular weight excluding hydrogens is 1140 g/mol. The van der Waals surface area contributed by atoms with Gasteiger partial charge in [-0.3, -0.25) is 37.3 Å². The topological polar surface area (TPSA) is 237 Å². The van der Waals surface area contributed by atoms with Crippen molar-refractivity contribution in [1.82, 2.24) is 0 Å². The highest BCUT2D eigenvalue weighted by atomic mass is 31.2. The van der Waals surface area contributed by atoms with E-state index in [0.717, 1.165) is 102 Å². The predicted molar refractivity (Wildman–Crippen MR) is 345 cm³/mol. The Labute approximate surface area is 524 Å². The zero-order chi connectivity index (χ0) is 63.6. The van der Waals surface area contributed by atoms with Crippen LogP contribution in [-0.4, -0.2) is 96.7 Å². The van der Waals surface area contributed by atoms with Crippen molar-refractivity contribution in [2.45, 2.75) is 355 Å². The van der Waals surface area contributed by atoms with Gasteiger partial charge in [-0.05, 0) is 37.5 Å². The maximum atomic E-state index is 13.0. The number of phosphoric acid groups is 2. The van der Waals surface area contributed by atoms with Crippen molar-refractivity contribution >= 4 is 39.5 Å². The Hall–Kier alpha value is -1.94. The SMILES string of the molecule is CCCCCCCCCCCCCCCCCCCCC(=O)O[C@H](COC(=O)CCCCCCCCCCC(C)C)COP(=O)(O)OC[C@@H](O)COP(=O)(O)OC[C@@H](COC(=O)CCCCCCCCCC)OC(=O)CCCCCCCCC(C)C. The second-order valence-electron chi connectivity index (χ2n) is 25.2. The third-order valence-electron chi connectivity index (χ3n) is 15.5. The van der Waals surface area contributed by atoms with Crippen molar-refractivity contribution in [3.8, 4) is 0 Å². The van der Waals surface area contributed by atoms with Gasteiger partial charge in [0, 0.05) is 25.7 Å². The van der Waals surface area contributed by atoms with Crippen LogP contribution in [0.1, 0.15) is 337 Å². The Balaban J connectivity index is 5.18. The number of unbranched alkanes of at least 4 members (excludes halogenated alkanes) is 36. The van der Waals surface area contributed by atoms with Crippen LogP contribution in [0.25, 0.3) is 0 Å². The van der Waals surface area contributed by atoms with E-state index in [1.807, 2.05) is 0 Å². The largest absolute Gasteiger partial charge is 0.472 e. The number of hydrogen-bond donors (Lipinski definition) is 3. The normalized spacial score (nSPS) is 14.2. The van der Waals surface area contributed by atoms with Crippen LogP contribution in [-0.2, 0) is 65.4 Å². The summed E-state index contributed by atoms with van der Waals surface area (Å²) in [5.74, 6) is -0.740. The Morgan fingerprint density at radius 1 is 0.314 bits per heavy atom. The van der Waals surface area contributed by atoms with Gasteiger partial charge < -0.3 is 33.8 Å². The lowest BCUT2D eigenvalue weighted by atomic mass is 10.0. The summed E-state index contributed by atoms with van der Waals surface area (Å²) in [5.41, 5.74) is 0. The van der Waals surface area contributed by atoms with Crippen LogP contribution in [0, 0.1) is 11.8 Å². The van der Waals surface area contributed by atoms with E-state index >= 15 is 0 Å². The number of aliphatic hydroxyl groups excluding tert-OH is 1. The first-order valence-electron chi connectivity index (χ1n) is 35.0. The highest BCUT2D eigenvalue weighted by Gasteiger charge is 2.30. The van der Waals surface area contributed by atoms with Crippen molar-refractivity contribution in [1.29, 1.82) is 0 Å². The third kappa shape index (κ3) is 60.9. The third-order valence-corrected chi connectivity index (χ3v) is 17.4. The van der Waals surface area contributed by atoms with E-state index in [1.54, 1.807) is 0 Å². The van der Waals surface area contributed by atoms with E-state index in [9.17, 15) is 43.2 Å². The molecule has 0 aliphatic carbocycles. The molecule has 0 aliphatic rings. The van der Waals surface area contributed by atoms with E-state index in [4.69, 9.17) is 37.0 Å². The average Bonchev–Trinajstić information content (AvgIpc) is 3.61. The van der Waals surface area contributed by atoms with Crippen LogP contribution in [0.4, 0.5) is 0 Å². The van der Waals surface area contributed by atoms with Gasteiger partial charge in [0.05, 0.1) is 26.4 Å². The average molecular weight is 1270 g/mol. The van der Waals surface area contributed by atoms with E-state index in [1.165, 1.54) is 148 Å². The molecule has 19 heteroatoms. The van der Waals surface area contributed by atoms with E-state index in [-0.39, 0.29) is 25.7 Å². The van der Waals surface area contributed by atoms with Gasteiger partial charge in [0.15, 0.2) is 12.2 Å². The highest BCUT2D eigenvalue weighted by molar-refractivity contribution is 7.47. The van der Waals surface area contributed by atoms with Crippen LogP contribution in [0.3, 0.4) is 0 Å². The molecule has 0 heterocycles. The molecule has 17 nitrogen and oxygen atoms in total. The molecular formula is C67H130O17P2. The number of aliphatic hydroxyl groups is 1. The Kier molecular flexibility index (Phi) is 58.0. The summed E-state index contributed by atoms with van der Waals surface area (Å²) in [6.45, 7) is 9.37. The number of hydrogen-bond acceptors (Lipinski definition) is 15. The van der Waals surface area contributed by atoms with Crippen LogP contribution >= 0.6 is 15.6 Å². The number of rotatable bonds is 66. The molecule has 2 unspecified atom stereocenters. The monoisotopic (exact) mass is 1270 g/mol. The molecule has 0 spiro atoms. The van der Waals surface area contributed by atoms with E-state index in [2.05, 4.69) is 41.5 Å². The maximum absolute atomic E-state index is 13.0. The van der Waals surface area contributed by atoms with Gasteiger partial charge in [-0.1, -0.05) is 286 Å². The molecule has 0 saturated heterocycles. The van der Waals surface area contributed by atoms with Crippen molar-refractivity contribution in [2.24, 2.45) is 11.8 Å². The molecule has 0 aromatic heterocycles. The lowest BCUT2D eigenvalue weighted by molar-refractivity contribution is -0.161. The van der Waals surface area contributed by atoms with Gasteiger partial charge in [0.2, 0.25) is 0 Å². The summed E-state index contributed by atoms with van der Waals surface area (Å²) in [4.78, 5) is 72.2. The molecule has 0 amide bonds. The van der Waals surface area contributed by atoms with Crippen molar-refractivity contribution in [2.75, 3.05) is 39.6 Å². The summed E-state index contributed by atoms with van der Waals surface area (Å²) in [6, 6.07) is 0. The molecule has 0 rings (SSSR count). The van der Waals surface area contributed by atoms with Crippen LogP contribution in [0.15, 0.2) is 0 Å². The molecule has 86 heavy (non-hydrogen) atoms.